The van der Waals surface area contributed by atoms with Gasteiger partial charge in [-0.1, -0.05) is 23.2 Å². The highest BCUT2D eigenvalue weighted by Crippen LogP contribution is 2.32. The molecule has 1 aromatic carbocycles. The van der Waals surface area contributed by atoms with Gasteiger partial charge in [-0.15, -0.1) is 0 Å². The molecule has 4 heteroatoms. The van der Waals surface area contributed by atoms with E-state index in [0.29, 0.717) is 10.0 Å². The van der Waals surface area contributed by atoms with E-state index >= 15 is 0 Å². The minimum Gasteiger partial charge on any atom is -0.358 e. The maximum Gasteiger partial charge on any atom is 0.0518 e. The zero-order valence-corrected chi connectivity index (χ0v) is 10.1. The minimum atomic E-state index is 0.657. The molecule has 0 radical (unpaired) electrons. The molecule has 2 N–H and O–H groups in total. The Hall–Kier alpha value is -0.700. The molecular weight excluding hydrogens is 231 g/mol. The lowest BCUT2D eigenvalue weighted by Crippen LogP contribution is -2.05. The number of halogens is 2. The Bertz CT molecular complexity index is 503. The Balaban J connectivity index is 2.75. The third kappa shape index (κ3) is 1.85. The number of rotatable bonds is 2. The average molecular weight is 243 g/mol. The average Bonchev–Trinajstić information content (AvgIpc) is 2.43. The van der Waals surface area contributed by atoms with Crippen LogP contribution < -0.4 is 5.32 Å². The fraction of sp³-hybridized carbons (Fsp3) is 0.273. The van der Waals surface area contributed by atoms with Crippen LogP contribution in [0.1, 0.15) is 11.3 Å². The molecule has 0 amide bonds. The second-order valence-corrected chi connectivity index (χ2v) is 4.41. The lowest BCUT2D eigenvalue weighted by Gasteiger charge is -2.01. The minimum absolute atomic E-state index is 0.657. The molecule has 1 aromatic heterocycles. The number of fused-ring (bicyclic) bond motifs is 1. The first-order chi connectivity index (χ1) is 7.13. The fourth-order valence-corrected chi connectivity index (χ4v) is 2.45. The van der Waals surface area contributed by atoms with E-state index in [2.05, 4.69) is 10.3 Å². The SMILES string of the molecule is CNCc1c(C)[nH]c2cc(Cl)cc(Cl)c12. The van der Waals surface area contributed by atoms with Crippen LogP contribution in [0.15, 0.2) is 12.1 Å². The van der Waals surface area contributed by atoms with Gasteiger partial charge in [0.1, 0.15) is 0 Å². The van der Waals surface area contributed by atoms with E-state index in [9.17, 15) is 0 Å². The van der Waals surface area contributed by atoms with Crippen LogP contribution in [-0.4, -0.2) is 12.0 Å². The quantitative estimate of drug-likeness (QED) is 0.829. The molecule has 1 heterocycles. The van der Waals surface area contributed by atoms with Crippen LogP contribution in [0.2, 0.25) is 10.0 Å². The topological polar surface area (TPSA) is 27.8 Å². The first-order valence-corrected chi connectivity index (χ1v) is 5.50. The van der Waals surface area contributed by atoms with Gasteiger partial charge in [0, 0.05) is 28.2 Å². The van der Waals surface area contributed by atoms with E-state index in [1.54, 1.807) is 6.07 Å². The van der Waals surface area contributed by atoms with Crippen LogP contribution >= 0.6 is 23.2 Å². The lowest BCUT2D eigenvalue weighted by molar-refractivity contribution is 0.817. The van der Waals surface area contributed by atoms with E-state index < -0.39 is 0 Å². The molecule has 0 saturated carbocycles. The maximum absolute atomic E-state index is 6.18. The van der Waals surface area contributed by atoms with Crippen molar-refractivity contribution in [1.29, 1.82) is 0 Å². The normalized spacial score (nSPS) is 11.2. The van der Waals surface area contributed by atoms with Crippen molar-refractivity contribution in [3.05, 3.63) is 33.4 Å². The third-order valence-corrected chi connectivity index (χ3v) is 3.00. The zero-order valence-electron chi connectivity index (χ0n) is 8.62. The number of aromatic amines is 1. The van der Waals surface area contributed by atoms with Crippen molar-refractivity contribution >= 4 is 34.1 Å². The summed E-state index contributed by atoms with van der Waals surface area (Å²) in [7, 11) is 1.92. The summed E-state index contributed by atoms with van der Waals surface area (Å²) in [6.07, 6.45) is 0. The van der Waals surface area contributed by atoms with E-state index in [-0.39, 0.29) is 0 Å². The van der Waals surface area contributed by atoms with Crippen molar-refractivity contribution in [3.63, 3.8) is 0 Å². The van der Waals surface area contributed by atoms with Crippen molar-refractivity contribution < 1.29 is 0 Å². The molecule has 0 saturated heterocycles. The molecule has 2 aromatic rings. The Morgan fingerprint density at radius 3 is 2.73 bits per heavy atom. The highest BCUT2D eigenvalue weighted by atomic mass is 35.5. The second-order valence-electron chi connectivity index (χ2n) is 3.57. The predicted molar refractivity (Wildman–Crippen MR) is 65.8 cm³/mol. The maximum atomic E-state index is 6.18. The van der Waals surface area contributed by atoms with Crippen molar-refractivity contribution in [2.45, 2.75) is 13.5 Å². The molecule has 0 aliphatic heterocycles. The Labute approximate surface area is 98.6 Å². The van der Waals surface area contributed by atoms with Crippen LogP contribution in [-0.2, 0) is 6.54 Å². The number of benzene rings is 1. The predicted octanol–water partition coefficient (Wildman–Crippen LogP) is 3.50. The summed E-state index contributed by atoms with van der Waals surface area (Å²) in [6, 6.07) is 3.67. The van der Waals surface area contributed by atoms with Gasteiger partial charge in [-0.2, -0.15) is 0 Å². The van der Waals surface area contributed by atoms with E-state index in [1.165, 1.54) is 5.56 Å². The zero-order chi connectivity index (χ0) is 11.0. The number of H-pyrrole nitrogens is 1. The summed E-state index contributed by atoms with van der Waals surface area (Å²) in [5, 5.41) is 5.55. The van der Waals surface area contributed by atoms with Crippen molar-refractivity contribution in [3.8, 4) is 0 Å². The molecule has 0 fully saturated rings. The molecule has 0 spiro atoms. The van der Waals surface area contributed by atoms with E-state index in [4.69, 9.17) is 23.2 Å². The fourth-order valence-electron chi connectivity index (χ4n) is 1.84. The highest BCUT2D eigenvalue weighted by molar-refractivity contribution is 6.38. The summed E-state index contributed by atoms with van der Waals surface area (Å²) in [4.78, 5) is 3.28. The van der Waals surface area contributed by atoms with Crippen molar-refractivity contribution in [2.24, 2.45) is 0 Å². The molecule has 2 nitrogen and oxygen atoms in total. The van der Waals surface area contributed by atoms with Gasteiger partial charge < -0.3 is 10.3 Å². The van der Waals surface area contributed by atoms with Gasteiger partial charge in [-0.05, 0) is 31.7 Å². The standard InChI is InChI=1S/C11H12Cl2N2/c1-6-8(5-14-2)11-9(13)3-7(12)4-10(11)15-6/h3-4,14-15H,5H2,1-2H3. The molecule has 2 rings (SSSR count). The lowest BCUT2D eigenvalue weighted by atomic mass is 10.1. The van der Waals surface area contributed by atoms with Crippen LogP contribution in [0.25, 0.3) is 10.9 Å². The van der Waals surface area contributed by atoms with E-state index in [0.717, 1.165) is 23.1 Å². The summed E-state index contributed by atoms with van der Waals surface area (Å²) in [5.41, 5.74) is 3.33. The molecule has 0 bridgehead atoms. The summed E-state index contributed by atoms with van der Waals surface area (Å²) < 4.78 is 0. The van der Waals surface area contributed by atoms with Gasteiger partial charge in [0.25, 0.3) is 0 Å². The first-order valence-electron chi connectivity index (χ1n) is 4.74. The van der Waals surface area contributed by atoms with Gasteiger partial charge in [0.15, 0.2) is 0 Å². The summed E-state index contributed by atoms with van der Waals surface area (Å²) in [5.74, 6) is 0. The Morgan fingerprint density at radius 2 is 2.07 bits per heavy atom. The van der Waals surface area contributed by atoms with Gasteiger partial charge >= 0.3 is 0 Å². The number of nitrogens with one attached hydrogen (secondary N) is 2. The second kappa shape index (κ2) is 4.05. The van der Waals surface area contributed by atoms with Gasteiger partial charge in [0.2, 0.25) is 0 Å². The van der Waals surface area contributed by atoms with Crippen molar-refractivity contribution in [1.82, 2.24) is 10.3 Å². The first kappa shape index (κ1) is 10.8. The van der Waals surface area contributed by atoms with Gasteiger partial charge in [-0.3, -0.25) is 0 Å². The molecule has 80 valence electrons. The largest absolute Gasteiger partial charge is 0.358 e. The summed E-state index contributed by atoms with van der Waals surface area (Å²) in [6.45, 7) is 2.84. The van der Waals surface area contributed by atoms with Crippen LogP contribution in [0, 0.1) is 6.92 Å². The molecule has 0 atom stereocenters. The highest BCUT2D eigenvalue weighted by Gasteiger charge is 2.11. The number of aromatic nitrogens is 1. The Morgan fingerprint density at radius 1 is 1.33 bits per heavy atom. The van der Waals surface area contributed by atoms with E-state index in [1.807, 2.05) is 20.0 Å². The van der Waals surface area contributed by atoms with Crippen LogP contribution in [0.3, 0.4) is 0 Å². The number of aryl methyl sites for hydroxylation is 1. The van der Waals surface area contributed by atoms with Crippen LogP contribution in [0.4, 0.5) is 0 Å². The molecule has 15 heavy (non-hydrogen) atoms. The number of hydrogen-bond donors (Lipinski definition) is 2. The monoisotopic (exact) mass is 242 g/mol. The smallest absolute Gasteiger partial charge is 0.0518 e. The molecule has 0 aliphatic rings. The molecule has 0 unspecified atom stereocenters. The van der Waals surface area contributed by atoms with Crippen molar-refractivity contribution in [2.75, 3.05) is 7.05 Å². The number of hydrogen-bond acceptors (Lipinski definition) is 1. The Kier molecular flexibility index (Phi) is 2.91. The van der Waals surface area contributed by atoms with Crippen LogP contribution in [0.5, 0.6) is 0 Å². The molecule has 0 aliphatic carbocycles. The molecular formula is C11H12Cl2N2. The summed E-state index contributed by atoms with van der Waals surface area (Å²) >= 11 is 12.1. The van der Waals surface area contributed by atoms with Gasteiger partial charge in [-0.25, -0.2) is 0 Å². The third-order valence-electron chi connectivity index (χ3n) is 2.49. The van der Waals surface area contributed by atoms with Gasteiger partial charge in [0.05, 0.1) is 5.02 Å².